The number of carboxylic acids is 1. The van der Waals surface area contributed by atoms with Gasteiger partial charge in [-0.1, -0.05) is 11.6 Å². The molecular formula is C11H12ClIN2O3. The first-order chi connectivity index (χ1) is 8.40. The molecule has 2 N–H and O–H groups in total. The maximum atomic E-state index is 11.7. The van der Waals surface area contributed by atoms with Crippen LogP contribution in [-0.4, -0.2) is 35.6 Å². The van der Waals surface area contributed by atoms with Crippen molar-refractivity contribution in [1.29, 1.82) is 0 Å². The Morgan fingerprint density at radius 1 is 1.50 bits per heavy atom. The number of nitrogens with zero attached hydrogens (tertiary/aromatic N) is 1. The molecule has 0 bridgehead atoms. The fourth-order valence-corrected chi connectivity index (χ4v) is 2.17. The van der Waals surface area contributed by atoms with Gasteiger partial charge in [-0.15, -0.1) is 0 Å². The Morgan fingerprint density at radius 3 is 2.72 bits per heavy atom. The molecule has 0 saturated carbocycles. The number of rotatable bonds is 4. The van der Waals surface area contributed by atoms with Crippen molar-refractivity contribution < 1.29 is 14.7 Å². The van der Waals surface area contributed by atoms with Gasteiger partial charge in [-0.3, -0.25) is 4.79 Å². The van der Waals surface area contributed by atoms with Gasteiger partial charge in [-0.05, 0) is 40.8 Å². The number of carbonyl (C=O) groups excluding carboxylic acids is 1. The van der Waals surface area contributed by atoms with E-state index < -0.39 is 5.97 Å². The van der Waals surface area contributed by atoms with E-state index in [0.29, 0.717) is 10.7 Å². The number of anilines is 1. The molecule has 2 amide bonds. The number of urea groups is 1. The van der Waals surface area contributed by atoms with Crippen molar-refractivity contribution in [2.75, 3.05) is 18.9 Å². The fraction of sp³-hybridized carbons (Fsp3) is 0.273. The number of nitrogens with one attached hydrogen (secondary N) is 1. The van der Waals surface area contributed by atoms with Crippen LogP contribution >= 0.6 is 34.2 Å². The van der Waals surface area contributed by atoms with Gasteiger partial charge in [0.05, 0.1) is 12.1 Å². The number of halogens is 2. The molecule has 1 aromatic carbocycles. The summed E-state index contributed by atoms with van der Waals surface area (Å²) < 4.78 is 0.820. The molecule has 0 atom stereocenters. The lowest BCUT2D eigenvalue weighted by Gasteiger charge is -2.17. The van der Waals surface area contributed by atoms with Crippen LogP contribution in [0.3, 0.4) is 0 Å². The zero-order valence-corrected chi connectivity index (χ0v) is 12.5. The first kappa shape index (κ1) is 15.0. The van der Waals surface area contributed by atoms with Gasteiger partial charge >= 0.3 is 12.0 Å². The highest BCUT2D eigenvalue weighted by Crippen LogP contribution is 2.22. The second-order valence-electron chi connectivity index (χ2n) is 3.62. The summed E-state index contributed by atoms with van der Waals surface area (Å²) >= 11 is 7.87. The molecule has 0 aliphatic rings. The van der Waals surface area contributed by atoms with Gasteiger partial charge in [0.2, 0.25) is 0 Å². The maximum absolute atomic E-state index is 11.7. The molecule has 1 aromatic rings. The summed E-state index contributed by atoms with van der Waals surface area (Å²) in [6, 6.07) is 4.76. The molecule has 0 aromatic heterocycles. The van der Waals surface area contributed by atoms with Gasteiger partial charge in [0.1, 0.15) is 0 Å². The van der Waals surface area contributed by atoms with Crippen molar-refractivity contribution >= 4 is 51.9 Å². The number of aliphatic carboxylic acids is 1. The molecule has 0 heterocycles. The fourth-order valence-electron chi connectivity index (χ4n) is 1.17. The molecule has 18 heavy (non-hydrogen) atoms. The third kappa shape index (κ3) is 4.69. The first-order valence-electron chi connectivity index (χ1n) is 5.09. The van der Waals surface area contributed by atoms with Gasteiger partial charge in [0.15, 0.2) is 0 Å². The van der Waals surface area contributed by atoms with Crippen LogP contribution in [0.25, 0.3) is 0 Å². The third-order valence-corrected chi connectivity index (χ3v) is 3.31. The molecular weight excluding hydrogens is 370 g/mol. The molecule has 7 heteroatoms. The van der Waals surface area contributed by atoms with E-state index in [2.05, 4.69) is 27.9 Å². The number of amides is 2. The Morgan fingerprint density at radius 2 is 2.17 bits per heavy atom. The summed E-state index contributed by atoms with van der Waals surface area (Å²) in [5.41, 5.74) is 0.646. The largest absolute Gasteiger partial charge is 0.481 e. The summed E-state index contributed by atoms with van der Waals surface area (Å²) in [5, 5.41) is 11.8. The van der Waals surface area contributed by atoms with Crippen LogP contribution in [0.15, 0.2) is 18.2 Å². The molecule has 0 radical (unpaired) electrons. The van der Waals surface area contributed by atoms with Crippen LogP contribution < -0.4 is 5.32 Å². The lowest BCUT2D eigenvalue weighted by Crippen LogP contribution is -2.33. The second-order valence-corrected chi connectivity index (χ2v) is 5.22. The van der Waals surface area contributed by atoms with E-state index in [4.69, 9.17) is 16.7 Å². The number of hydrogen-bond donors (Lipinski definition) is 2. The van der Waals surface area contributed by atoms with Crippen molar-refractivity contribution in [3.05, 3.63) is 26.8 Å². The maximum Gasteiger partial charge on any atom is 0.321 e. The highest BCUT2D eigenvalue weighted by atomic mass is 127. The molecule has 0 fully saturated rings. The van der Waals surface area contributed by atoms with Crippen LogP contribution in [0.4, 0.5) is 10.5 Å². The van der Waals surface area contributed by atoms with Crippen LogP contribution in [-0.2, 0) is 4.79 Å². The lowest BCUT2D eigenvalue weighted by molar-refractivity contribution is -0.137. The highest BCUT2D eigenvalue weighted by molar-refractivity contribution is 14.1. The van der Waals surface area contributed by atoms with Crippen molar-refractivity contribution in [1.82, 2.24) is 4.90 Å². The van der Waals surface area contributed by atoms with Gasteiger partial charge < -0.3 is 15.3 Å². The van der Waals surface area contributed by atoms with Crippen LogP contribution in [0.1, 0.15) is 6.42 Å². The van der Waals surface area contributed by atoms with E-state index in [-0.39, 0.29) is 19.0 Å². The SMILES string of the molecule is CN(CCC(=O)O)C(=O)Nc1ccc(Cl)cc1I. The summed E-state index contributed by atoms with van der Waals surface area (Å²) in [5.74, 6) is -0.935. The molecule has 0 spiro atoms. The Balaban J connectivity index is 2.61. The summed E-state index contributed by atoms with van der Waals surface area (Å²) in [7, 11) is 1.54. The van der Waals surface area contributed by atoms with Crippen molar-refractivity contribution in [2.45, 2.75) is 6.42 Å². The topological polar surface area (TPSA) is 69.6 Å². The monoisotopic (exact) mass is 382 g/mol. The Labute approximate surface area is 123 Å². The highest BCUT2D eigenvalue weighted by Gasteiger charge is 2.11. The van der Waals surface area contributed by atoms with Gasteiger partial charge in [-0.25, -0.2) is 4.79 Å². The minimum absolute atomic E-state index is 0.0817. The van der Waals surface area contributed by atoms with E-state index in [1.807, 2.05) is 0 Å². The zero-order valence-electron chi connectivity index (χ0n) is 9.61. The van der Waals surface area contributed by atoms with Gasteiger partial charge in [-0.2, -0.15) is 0 Å². The molecule has 0 aliphatic heterocycles. The number of benzene rings is 1. The van der Waals surface area contributed by atoms with Crippen LogP contribution in [0.5, 0.6) is 0 Å². The molecule has 1 rings (SSSR count). The minimum atomic E-state index is -0.935. The summed E-state index contributed by atoms with van der Waals surface area (Å²) in [6.07, 6.45) is -0.0817. The van der Waals surface area contributed by atoms with E-state index in [0.717, 1.165) is 3.57 Å². The van der Waals surface area contributed by atoms with Crippen molar-refractivity contribution in [3.63, 3.8) is 0 Å². The predicted molar refractivity (Wildman–Crippen MR) is 78.1 cm³/mol. The van der Waals surface area contributed by atoms with E-state index >= 15 is 0 Å². The average Bonchev–Trinajstić information content (AvgIpc) is 2.29. The number of carbonyl (C=O) groups is 2. The van der Waals surface area contributed by atoms with Crippen LogP contribution in [0, 0.1) is 3.57 Å². The van der Waals surface area contributed by atoms with Crippen molar-refractivity contribution in [3.8, 4) is 0 Å². The zero-order chi connectivity index (χ0) is 13.7. The lowest BCUT2D eigenvalue weighted by atomic mass is 10.3. The molecule has 0 unspecified atom stereocenters. The average molecular weight is 383 g/mol. The second kappa shape index (κ2) is 6.79. The Kier molecular flexibility index (Phi) is 5.67. The molecule has 98 valence electrons. The minimum Gasteiger partial charge on any atom is -0.481 e. The van der Waals surface area contributed by atoms with E-state index in [9.17, 15) is 9.59 Å². The third-order valence-electron chi connectivity index (χ3n) is 2.18. The summed E-state index contributed by atoms with van der Waals surface area (Å²) in [6.45, 7) is 0.158. The smallest absolute Gasteiger partial charge is 0.321 e. The Hall–Kier alpha value is -1.02. The molecule has 0 aliphatic carbocycles. The van der Waals surface area contributed by atoms with Gasteiger partial charge in [0.25, 0.3) is 0 Å². The quantitative estimate of drug-likeness (QED) is 0.787. The normalized spacial score (nSPS) is 9.94. The standard InChI is InChI=1S/C11H12ClIN2O3/c1-15(5-4-10(16)17)11(18)14-9-3-2-7(12)6-8(9)13/h2-3,6H,4-5H2,1H3,(H,14,18)(H,16,17). The van der Waals surface area contributed by atoms with Crippen LogP contribution in [0.2, 0.25) is 5.02 Å². The molecule has 0 saturated heterocycles. The van der Waals surface area contributed by atoms with E-state index in [1.165, 1.54) is 4.90 Å². The summed E-state index contributed by atoms with van der Waals surface area (Å²) in [4.78, 5) is 23.5. The van der Waals surface area contributed by atoms with Gasteiger partial charge in [0, 0.05) is 22.2 Å². The first-order valence-corrected chi connectivity index (χ1v) is 6.55. The predicted octanol–water partition coefficient (Wildman–Crippen LogP) is 2.88. The Bertz CT molecular complexity index is 468. The molecule has 5 nitrogen and oxygen atoms in total. The van der Waals surface area contributed by atoms with Crippen molar-refractivity contribution in [2.24, 2.45) is 0 Å². The number of carboxylic acid groups (broad SMARTS) is 1. The van der Waals surface area contributed by atoms with E-state index in [1.54, 1.807) is 25.2 Å². The number of hydrogen-bond acceptors (Lipinski definition) is 2.